The minimum absolute atomic E-state index is 0.171. The van der Waals surface area contributed by atoms with E-state index in [4.69, 9.17) is 9.47 Å². The number of aryl methyl sites for hydroxylation is 1. The third kappa shape index (κ3) is 2.55. The lowest BCUT2D eigenvalue weighted by Gasteiger charge is -2.19. The summed E-state index contributed by atoms with van der Waals surface area (Å²) in [5.41, 5.74) is 1.93. The van der Waals surface area contributed by atoms with Crippen LogP contribution in [0.3, 0.4) is 0 Å². The number of esters is 1. The molecule has 0 spiro atoms. The van der Waals surface area contributed by atoms with Gasteiger partial charge in [-0.05, 0) is 24.0 Å². The highest BCUT2D eigenvalue weighted by atomic mass is 16.5. The number of carbonyl (C=O) groups is 1. The molecule has 0 radical (unpaired) electrons. The van der Waals surface area contributed by atoms with Crippen LogP contribution in [0.2, 0.25) is 0 Å². The van der Waals surface area contributed by atoms with Crippen LogP contribution in [0, 0.1) is 5.92 Å². The Morgan fingerprint density at radius 1 is 1.33 bits per heavy atom. The average molecular weight is 246 g/mol. The van der Waals surface area contributed by atoms with Gasteiger partial charge < -0.3 is 9.47 Å². The summed E-state index contributed by atoms with van der Waals surface area (Å²) in [4.78, 5) is 11.4. The summed E-state index contributed by atoms with van der Waals surface area (Å²) in [5, 5.41) is 0. The second-order valence-corrected chi connectivity index (χ2v) is 4.75. The molecule has 3 heteroatoms. The third-order valence-electron chi connectivity index (χ3n) is 2.92. The molecule has 0 saturated carbocycles. The Hall–Kier alpha value is -1.77. The molecule has 3 nitrogen and oxygen atoms in total. The van der Waals surface area contributed by atoms with E-state index in [1.165, 1.54) is 0 Å². The highest BCUT2D eigenvalue weighted by Gasteiger charge is 2.21. The number of ether oxygens (including phenoxy) is 2. The Morgan fingerprint density at radius 3 is 2.78 bits per heavy atom. The molecule has 1 aliphatic rings. The number of allylic oxidation sites excluding steroid dienone is 1. The van der Waals surface area contributed by atoms with Crippen molar-refractivity contribution in [3.8, 4) is 11.5 Å². The Morgan fingerprint density at radius 2 is 2.11 bits per heavy atom. The van der Waals surface area contributed by atoms with E-state index in [0.717, 1.165) is 23.3 Å². The second-order valence-electron chi connectivity index (χ2n) is 4.75. The molecule has 0 amide bonds. The third-order valence-corrected chi connectivity index (χ3v) is 2.92. The first-order chi connectivity index (χ1) is 8.61. The first-order valence-electron chi connectivity index (χ1n) is 6.20. The molecule has 0 fully saturated rings. The van der Waals surface area contributed by atoms with Gasteiger partial charge in [0.2, 0.25) is 0 Å². The Bertz CT molecular complexity index is 487. The number of benzene rings is 1. The fourth-order valence-corrected chi connectivity index (χ4v) is 1.97. The predicted octanol–water partition coefficient (Wildman–Crippen LogP) is 3.22. The molecule has 18 heavy (non-hydrogen) atoms. The molecule has 96 valence electrons. The lowest BCUT2D eigenvalue weighted by Crippen LogP contribution is -2.16. The zero-order valence-electron chi connectivity index (χ0n) is 11.0. The molecule has 0 aromatic heterocycles. The molecule has 1 aromatic rings. The summed E-state index contributed by atoms with van der Waals surface area (Å²) in [6, 6.07) is 3.89. The number of hydrogen-bond acceptors (Lipinski definition) is 3. The second kappa shape index (κ2) is 5.25. The van der Waals surface area contributed by atoms with E-state index in [-0.39, 0.29) is 5.97 Å². The molecule has 0 bridgehead atoms. The lowest BCUT2D eigenvalue weighted by molar-refractivity contribution is -0.135. The number of methoxy groups -OCH3 is 1. The van der Waals surface area contributed by atoms with Gasteiger partial charge in [-0.15, -0.1) is 0 Å². The van der Waals surface area contributed by atoms with Gasteiger partial charge >= 0.3 is 5.97 Å². The summed E-state index contributed by atoms with van der Waals surface area (Å²) in [5.74, 6) is 1.66. The molecular weight excluding hydrogens is 228 g/mol. The molecule has 0 unspecified atom stereocenters. The zero-order valence-corrected chi connectivity index (χ0v) is 11.0. The summed E-state index contributed by atoms with van der Waals surface area (Å²) in [7, 11) is 1.62. The van der Waals surface area contributed by atoms with Crippen LogP contribution >= 0.6 is 0 Å². The molecular formula is C15H18O3. The molecule has 1 heterocycles. The van der Waals surface area contributed by atoms with E-state index in [2.05, 4.69) is 19.9 Å². The van der Waals surface area contributed by atoms with Gasteiger partial charge in [-0.3, -0.25) is 4.79 Å². The number of fused-ring (bicyclic) bond motifs is 1. The highest BCUT2D eigenvalue weighted by molar-refractivity contribution is 5.79. The van der Waals surface area contributed by atoms with Crippen molar-refractivity contribution >= 4 is 12.0 Å². The van der Waals surface area contributed by atoms with Crippen molar-refractivity contribution in [2.75, 3.05) is 7.11 Å². The fraction of sp³-hybridized carbons (Fsp3) is 0.400. The maximum absolute atomic E-state index is 11.4. The summed E-state index contributed by atoms with van der Waals surface area (Å²) < 4.78 is 10.7. The maximum atomic E-state index is 11.4. The van der Waals surface area contributed by atoms with Crippen molar-refractivity contribution in [1.82, 2.24) is 0 Å². The van der Waals surface area contributed by atoms with Crippen LogP contribution in [0.5, 0.6) is 11.5 Å². The van der Waals surface area contributed by atoms with Crippen LogP contribution in [0.25, 0.3) is 6.08 Å². The molecule has 0 saturated heterocycles. The topological polar surface area (TPSA) is 35.5 Å². The van der Waals surface area contributed by atoms with Crippen molar-refractivity contribution in [3.63, 3.8) is 0 Å². The lowest BCUT2D eigenvalue weighted by atomic mass is 10.00. The van der Waals surface area contributed by atoms with E-state index in [9.17, 15) is 4.79 Å². The van der Waals surface area contributed by atoms with Gasteiger partial charge in [0.25, 0.3) is 0 Å². The summed E-state index contributed by atoms with van der Waals surface area (Å²) in [6.07, 6.45) is 5.23. The van der Waals surface area contributed by atoms with Crippen LogP contribution < -0.4 is 9.47 Å². The van der Waals surface area contributed by atoms with Gasteiger partial charge in [0, 0.05) is 0 Å². The Labute approximate surface area is 107 Å². The smallest absolute Gasteiger partial charge is 0.311 e. The SMILES string of the molecule is COc1ccc2c(c1/C=C/C(C)C)OC(=O)CC2. The van der Waals surface area contributed by atoms with Crippen LogP contribution in [-0.4, -0.2) is 13.1 Å². The van der Waals surface area contributed by atoms with Gasteiger partial charge in [0.1, 0.15) is 11.5 Å². The number of hydrogen-bond donors (Lipinski definition) is 0. The Balaban J connectivity index is 2.49. The van der Waals surface area contributed by atoms with E-state index >= 15 is 0 Å². The van der Waals surface area contributed by atoms with Crippen LogP contribution in [0.1, 0.15) is 31.4 Å². The maximum Gasteiger partial charge on any atom is 0.311 e. The van der Waals surface area contributed by atoms with Crippen molar-refractivity contribution in [1.29, 1.82) is 0 Å². The van der Waals surface area contributed by atoms with Gasteiger partial charge in [0.05, 0.1) is 19.1 Å². The molecule has 0 atom stereocenters. The minimum Gasteiger partial charge on any atom is -0.496 e. The van der Waals surface area contributed by atoms with Crippen LogP contribution in [0.4, 0.5) is 0 Å². The van der Waals surface area contributed by atoms with E-state index in [1.807, 2.05) is 18.2 Å². The first-order valence-corrected chi connectivity index (χ1v) is 6.20. The van der Waals surface area contributed by atoms with Gasteiger partial charge in [-0.25, -0.2) is 0 Å². The molecule has 1 aromatic carbocycles. The molecule has 1 aliphatic heterocycles. The largest absolute Gasteiger partial charge is 0.496 e. The fourth-order valence-electron chi connectivity index (χ4n) is 1.97. The first kappa shape index (κ1) is 12.7. The Kier molecular flexibility index (Phi) is 3.70. The van der Waals surface area contributed by atoms with E-state index in [1.54, 1.807) is 7.11 Å². The highest BCUT2D eigenvalue weighted by Crippen LogP contribution is 2.36. The van der Waals surface area contributed by atoms with Crippen LogP contribution in [0.15, 0.2) is 18.2 Å². The average Bonchev–Trinajstić information content (AvgIpc) is 2.35. The monoisotopic (exact) mass is 246 g/mol. The molecule has 0 N–H and O–H groups in total. The standard InChI is InChI=1S/C15H18O3/c1-10(2)4-7-12-13(17-3)8-5-11-6-9-14(16)18-15(11)12/h4-5,7-8,10H,6,9H2,1-3H3/b7-4+. The van der Waals surface area contributed by atoms with Crippen molar-refractivity contribution in [3.05, 3.63) is 29.3 Å². The number of carbonyl (C=O) groups excluding carboxylic acids is 1. The molecule has 2 rings (SSSR count). The number of rotatable bonds is 3. The van der Waals surface area contributed by atoms with Gasteiger partial charge in [-0.1, -0.05) is 32.1 Å². The van der Waals surface area contributed by atoms with Gasteiger partial charge in [-0.2, -0.15) is 0 Å². The zero-order chi connectivity index (χ0) is 13.1. The van der Waals surface area contributed by atoms with Crippen LogP contribution in [-0.2, 0) is 11.2 Å². The summed E-state index contributed by atoms with van der Waals surface area (Å²) in [6.45, 7) is 4.20. The minimum atomic E-state index is -0.171. The quantitative estimate of drug-likeness (QED) is 0.607. The van der Waals surface area contributed by atoms with Crippen molar-refractivity contribution < 1.29 is 14.3 Å². The van der Waals surface area contributed by atoms with E-state index < -0.39 is 0 Å². The molecule has 0 aliphatic carbocycles. The van der Waals surface area contributed by atoms with Crippen molar-refractivity contribution in [2.45, 2.75) is 26.7 Å². The predicted molar refractivity (Wildman–Crippen MR) is 70.8 cm³/mol. The van der Waals surface area contributed by atoms with E-state index in [0.29, 0.717) is 18.1 Å². The summed E-state index contributed by atoms with van der Waals surface area (Å²) >= 11 is 0. The van der Waals surface area contributed by atoms with Gasteiger partial charge in [0.15, 0.2) is 0 Å². The van der Waals surface area contributed by atoms with Crippen molar-refractivity contribution in [2.24, 2.45) is 5.92 Å². The normalized spacial score (nSPS) is 14.8.